The standard InChI is InChI=1S/C17H23N3OS2.HI/c1-18-17(19-10-11-22-3)20-12-15-8-9-16(23-15)13-4-6-14(21-2)7-5-13;/h4-9H,10-12H2,1-3H3,(H2,18,19,20);1H. The summed E-state index contributed by atoms with van der Waals surface area (Å²) in [4.78, 5) is 6.78. The molecule has 2 rings (SSSR count). The van der Waals surface area contributed by atoms with Crippen LogP contribution in [-0.4, -0.2) is 38.7 Å². The lowest BCUT2D eigenvalue weighted by molar-refractivity contribution is 0.415. The first kappa shape index (κ1) is 21.1. The first-order valence-corrected chi connectivity index (χ1v) is 9.64. The Labute approximate surface area is 169 Å². The van der Waals surface area contributed by atoms with E-state index in [9.17, 15) is 0 Å². The number of thiophene rings is 1. The van der Waals surface area contributed by atoms with Crippen LogP contribution in [0.4, 0.5) is 0 Å². The van der Waals surface area contributed by atoms with Crippen LogP contribution in [0.2, 0.25) is 0 Å². The van der Waals surface area contributed by atoms with Crippen molar-refractivity contribution in [3.05, 3.63) is 41.3 Å². The van der Waals surface area contributed by atoms with Gasteiger partial charge in [-0.25, -0.2) is 0 Å². The molecule has 1 aromatic heterocycles. The highest BCUT2D eigenvalue weighted by molar-refractivity contribution is 14.0. The van der Waals surface area contributed by atoms with Crippen LogP contribution in [0.5, 0.6) is 5.75 Å². The van der Waals surface area contributed by atoms with Crippen molar-refractivity contribution in [1.82, 2.24) is 10.6 Å². The maximum atomic E-state index is 5.20. The van der Waals surface area contributed by atoms with Crippen molar-refractivity contribution in [3.63, 3.8) is 0 Å². The molecule has 0 fully saturated rings. The Morgan fingerprint density at radius 2 is 1.92 bits per heavy atom. The molecule has 0 saturated heterocycles. The first-order valence-electron chi connectivity index (χ1n) is 7.43. The molecule has 0 unspecified atom stereocenters. The normalized spacial score (nSPS) is 10.9. The zero-order valence-electron chi connectivity index (χ0n) is 14.2. The van der Waals surface area contributed by atoms with Crippen molar-refractivity contribution >= 4 is 53.0 Å². The number of nitrogens with zero attached hydrogens (tertiary/aromatic N) is 1. The van der Waals surface area contributed by atoms with Crippen LogP contribution in [0, 0.1) is 0 Å². The largest absolute Gasteiger partial charge is 0.497 e. The fourth-order valence-corrected chi connectivity index (χ4v) is 3.31. The summed E-state index contributed by atoms with van der Waals surface area (Å²) in [5, 5.41) is 6.65. The number of methoxy groups -OCH3 is 1. The Kier molecular flexibility index (Phi) is 10.2. The Morgan fingerprint density at radius 3 is 2.54 bits per heavy atom. The van der Waals surface area contributed by atoms with Gasteiger partial charge in [0.05, 0.1) is 13.7 Å². The topological polar surface area (TPSA) is 45.7 Å². The summed E-state index contributed by atoms with van der Waals surface area (Å²) in [5.41, 5.74) is 1.21. The van der Waals surface area contributed by atoms with Crippen LogP contribution in [0.15, 0.2) is 41.4 Å². The van der Waals surface area contributed by atoms with E-state index in [1.54, 1.807) is 25.5 Å². The summed E-state index contributed by atoms with van der Waals surface area (Å²) in [6, 6.07) is 12.5. The van der Waals surface area contributed by atoms with Gasteiger partial charge >= 0.3 is 0 Å². The highest BCUT2D eigenvalue weighted by atomic mass is 127. The number of guanidine groups is 1. The Bertz CT molecular complexity index is 629. The molecule has 0 amide bonds. The first-order chi connectivity index (χ1) is 11.3. The molecule has 0 saturated carbocycles. The van der Waals surface area contributed by atoms with Crippen molar-refractivity contribution in [2.24, 2.45) is 4.99 Å². The highest BCUT2D eigenvalue weighted by Crippen LogP contribution is 2.29. The lowest BCUT2D eigenvalue weighted by atomic mass is 10.2. The number of ether oxygens (including phenoxy) is 1. The number of hydrogen-bond donors (Lipinski definition) is 2. The van der Waals surface area contributed by atoms with Gasteiger partial charge in [-0.05, 0) is 48.2 Å². The molecule has 0 bridgehead atoms. The third-order valence-electron chi connectivity index (χ3n) is 3.29. The second-order valence-electron chi connectivity index (χ2n) is 4.84. The number of nitrogens with one attached hydrogen (secondary N) is 2. The fourth-order valence-electron chi connectivity index (χ4n) is 2.05. The monoisotopic (exact) mass is 477 g/mol. The van der Waals surface area contributed by atoms with Crippen LogP contribution >= 0.6 is 47.1 Å². The minimum atomic E-state index is 0. The van der Waals surface area contributed by atoms with E-state index in [4.69, 9.17) is 4.74 Å². The van der Waals surface area contributed by atoms with Gasteiger partial charge in [0.15, 0.2) is 5.96 Å². The van der Waals surface area contributed by atoms with E-state index in [-0.39, 0.29) is 24.0 Å². The summed E-state index contributed by atoms with van der Waals surface area (Å²) in [7, 11) is 3.48. The molecule has 7 heteroatoms. The van der Waals surface area contributed by atoms with Gasteiger partial charge in [0.25, 0.3) is 0 Å². The smallest absolute Gasteiger partial charge is 0.191 e. The van der Waals surface area contributed by atoms with E-state index in [1.165, 1.54) is 15.3 Å². The van der Waals surface area contributed by atoms with E-state index in [0.29, 0.717) is 0 Å². The summed E-state index contributed by atoms with van der Waals surface area (Å²) >= 11 is 3.61. The van der Waals surface area contributed by atoms with E-state index in [2.05, 4.69) is 46.1 Å². The molecule has 0 aliphatic rings. The summed E-state index contributed by atoms with van der Waals surface area (Å²) in [6.45, 7) is 1.70. The number of halogens is 1. The number of hydrogen-bond acceptors (Lipinski definition) is 4. The predicted molar refractivity (Wildman–Crippen MR) is 118 cm³/mol. The minimum absolute atomic E-state index is 0. The molecule has 0 spiro atoms. The molecule has 24 heavy (non-hydrogen) atoms. The Morgan fingerprint density at radius 1 is 1.17 bits per heavy atom. The van der Waals surface area contributed by atoms with Crippen molar-refractivity contribution in [1.29, 1.82) is 0 Å². The molecule has 0 aliphatic heterocycles. The van der Waals surface area contributed by atoms with Crippen LogP contribution < -0.4 is 15.4 Å². The Hall–Kier alpha value is -0.930. The fraction of sp³-hybridized carbons (Fsp3) is 0.353. The van der Waals surface area contributed by atoms with E-state index >= 15 is 0 Å². The quantitative estimate of drug-likeness (QED) is 0.273. The molecule has 1 heterocycles. The third kappa shape index (κ3) is 6.52. The van der Waals surface area contributed by atoms with E-state index in [0.717, 1.165) is 30.6 Å². The third-order valence-corrected chi connectivity index (χ3v) is 5.04. The SMILES string of the molecule is CN=C(NCCSC)NCc1ccc(-c2ccc(OC)cc2)s1.I. The van der Waals surface area contributed by atoms with Gasteiger partial charge < -0.3 is 15.4 Å². The Balaban J connectivity index is 0.00000288. The van der Waals surface area contributed by atoms with Gasteiger partial charge in [0.2, 0.25) is 0 Å². The molecule has 0 aliphatic carbocycles. The average Bonchev–Trinajstić information content (AvgIpc) is 3.07. The van der Waals surface area contributed by atoms with Gasteiger partial charge in [-0.15, -0.1) is 35.3 Å². The number of benzene rings is 1. The summed E-state index contributed by atoms with van der Waals surface area (Å²) < 4.78 is 5.20. The van der Waals surface area contributed by atoms with Crippen LogP contribution in [0.1, 0.15) is 4.88 Å². The van der Waals surface area contributed by atoms with Crippen molar-refractivity contribution < 1.29 is 4.74 Å². The summed E-state index contributed by atoms with van der Waals surface area (Å²) in [5.74, 6) is 2.80. The zero-order chi connectivity index (χ0) is 16.5. The van der Waals surface area contributed by atoms with Gasteiger partial charge in [0, 0.05) is 29.1 Å². The maximum Gasteiger partial charge on any atom is 0.191 e. The second-order valence-corrected chi connectivity index (χ2v) is 6.99. The maximum absolute atomic E-state index is 5.20. The summed E-state index contributed by atoms with van der Waals surface area (Å²) in [6.07, 6.45) is 2.10. The van der Waals surface area contributed by atoms with Gasteiger partial charge in [0.1, 0.15) is 5.75 Å². The average molecular weight is 477 g/mol. The van der Waals surface area contributed by atoms with Gasteiger partial charge in [-0.2, -0.15) is 11.8 Å². The van der Waals surface area contributed by atoms with Crippen molar-refractivity contribution in [2.75, 3.05) is 32.7 Å². The van der Waals surface area contributed by atoms with E-state index < -0.39 is 0 Å². The van der Waals surface area contributed by atoms with Crippen LogP contribution in [0.3, 0.4) is 0 Å². The predicted octanol–water partition coefficient (Wildman–Crippen LogP) is 4.07. The molecule has 0 atom stereocenters. The van der Waals surface area contributed by atoms with Crippen molar-refractivity contribution in [3.8, 4) is 16.2 Å². The molecular formula is C17H24IN3OS2. The zero-order valence-corrected chi connectivity index (χ0v) is 18.1. The van der Waals surface area contributed by atoms with Crippen molar-refractivity contribution in [2.45, 2.75) is 6.54 Å². The van der Waals surface area contributed by atoms with Gasteiger partial charge in [-0.1, -0.05) is 0 Å². The molecule has 0 radical (unpaired) electrons. The minimum Gasteiger partial charge on any atom is -0.497 e. The molecule has 2 aromatic rings. The number of rotatable bonds is 7. The second kappa shape index (κ2) is 11.6. The molecule has 2 N–H and O–H groups in total. The number of thioether (sulfide) groups is 1. The lowest BCUT2D eigenvalue weighted by Gasteiger charge is -2.10. The van der Waals surface area contributed by atoms with Gasteiger partial charge in [-0.3, -0.25) is 4.99 Å². The number of aliphatic imine (C=N–C) groups is 1. The molecule has 4 nitrogen and oxygen atoms in total. The van der Waals surface area contributed by atoms with E-state index in [1.807, 2.05) is 23.9 Å². The molecule has 132 valence electrons. The van der Waals surface area contributed by atoms with Crippen LogP contribution in [0.25, 0.3) is 10.4 Å². The lowest BCUT2D eigenvalue weighted by Crippen LogP contribution is -2.37. The highest BCUT2D eigenvalue weighted by Gasteiger charge is 2.04. The molecule has 1 aromatic carbocycles. The van der Waals surface area contributed by atoms with Crippen LogP contribution in [-0.2, 0) is 6.54 Å². The molecular weight excluding hydrogens is 453 g/mol.